The number of ether oxygens (including phenoxy) is 3. The lowest BCUT2D eigenvalue weighted by atomic mass is 10.1. The van der Waals surface area contributed by atoms with Crippen molar-refractivity contribution in [1.29, 1.82) is 0 Å². The van der Waals surface area contributed by atoms with E-state index in [2.05, 4.69) is 0 Å². The topological polar surface area (TPSA) is 55.4 Å². The van der Waals surface area contributed by atoms with Gasteiger partial charge in [0.2, 0.25) is 5.79 Å². The molecule has 0 saturated carbocycles. The smallest absolute Gasteiger partial charge is 0.494 e. The Labute approximate surface area is 167 Å². The molecule has 7 heteroatoms. The SMILES string of the molecule is CO[Si](CCCOc1ccc2c(c1)COC(C)(c1ccccc1)O2)(OC)OC. The lowest BCUT2D eigenvalue weighted by Gasteiger charge is -2.36. The predicted octanol–water partition coefficient (Wildman–Crippen LogP) is 4.12. The molecule has 1 aliphatic heterocycles. The fourth-order valence-electron chi connectivity index (χ4n) is 3.23. The van der Waals surface area contributed by atoms with Gasteiger partial charge in [-0.05, 0) is 24.6 Å². The number of hydrogen-bond acceptors (Lipinski definition) is 6. The van der Waals surface area contributed by atoms with Crippen LogP contribution >= 0.6 is 0 Å². The summed E-state index contributed by atoms with van der Waals surface area (Å²) in [6, 6.07) is 16.5. The first-order valence-corrected chi connectivity index (χ1v) is 11.3. The molecule has 3 rings (SSSR count). The zero-order valence-corrected chi connectivity index (χ0v) is 17.9. The van der Waals surface area contributed by atoms with E-state index < -0.39 is 14.6 Å². The van der Waals surface area contributed by atoms with Crippen LogP contribution in [-0.2, 0) is 30.4 Å². The second-order valence-corrected chi connectivity index (χ2v) is 9.81. The fourth-order valence-corrected chi connectivity index (χ4v) is 4.92. The second kappa shape index (κ2) is 9.06. The monoisotopic (exact) mass is 404 g/mol. The van der Waals surface area contributed by atoms with Crippen molar-refractivity contribution >= 4 is 8.80 Å². The molecule has 1 aliphatic rings. The van der Waals surface area contributed by atoms with E-state index in [1.807, 2.05) is 55.5 Å². The molecule has 2 aromatic rings. The molecule has 1 unspecified atom stereocenters. The summed E-state index contributed by atoms with van der Waals surface area (Å²) in [6.45, 7) is 2.95. The van der Waals surface area contributed by atoms with Gasteiger partial charge in [0.05, 0.1) is 13.2 Å². The van der Waals surface area contributed by atoms with Crippen molar-refractivity contribution in [2.24, 2.45) is 0 Å². The molecule has 0 fully saturated rings. The average molecular weight is 405 g/mol. The molecule has 0 amide bonds. The maximum atomic E-state index is 6.15. The van der Waals surface area contributed by atoms with Crippen LogP contribution in [0.1, 0.15) is 24.5 Å². The molecule has 1 atom stereocenters. The van der Waals surface area contributed by atoms with E-state index >= 15 is 0 Å². The number of benzene rings is 2. The van der Waals surface area contributed by atoms with Crippen molar-refractivity contribution in [3.8, 4) is 11.5 Å². The largest absolute Gasteiger partial charge is 0.500 e. The first-order chi connectivity index (χ1) is 13.5. The molecule has 28 heavy (non-hydrogen) atoms. The van der Waals surface area contributed by atoms with E-state index in [-0.39, 0.29) is 0 Å². The molecule has 2 aromatic carbocycles. The van der Waals surface area contributed by atoms with Gasteiger partial charge in [0.15, 0.2) is 0 Å². The summed E-state index contributed by atoms with van der Waals surface area (Å²) in [5.74, 6) is 0.814. The van der Waals surface area contributed by atoms with Gasteiger partial charge in [0.25, 0.3) is 0 Å². The van der Waals surface area contributed by atoms with E-state index in [1.165, 1.54) is 0 Å². The third-order valence-electron chi connectivity index (χ3n) is 4.97. The van der Waals surface area contributed by atoms with Crippen LogP contribution in [0, 0.1) is 0 Å². The molecule has 0 bridgehead atoms. The molecule has 0 N–H and O–H groups in total. The van der Waals surface area contributed by atoms with Crippen LogP contribution in [0.15, 0.2) is 48.5 Å². The van der Waals surface area contributed by atoms with Gasteiger partial charge in [-0.3, -0.25) is 0 Å². The van der Waals surface area contributed by atoms with Crippen LogP contribution in [0.5, 0.6) is 11.5 Å². The van der Waals surface area contributed by atoms with E-state index in [1.54, 1.807) is 21.3 Å². The highest BCUT2D eigenvalue weighted by molar-refractivity contribution is 6.60. The second-order valence-electron chi connectivity index (χ2n) is 6.72. The minimum atomic E-state index is -2.55. The molecular weight excluding hydrogens is 376 g/mol. The summed E-state index contributed by atoms with van der Waals surface area (Å²) in [4.78, 5) is 0. The van der Waals surface area contributed by atoms with Gasteiger partial charge in [-0.1, -0.05) is 30.3 Å². The molecule has 0 aliphatic carbocycles. The van der Waals surface area contributed by atoms with Crippen LogP contribution in [0.3, 0.4) is 0 Å². The van der Waals surface area contributed by atoms with Crippen LogP contribution in [0.2, 0.25) is 6.04 Å². The van der Waals surface area contributed by atoms with Crippen molar-refractivity contribution in [2.75, 3.05) is 27.9 Å². The van der Waals surface area contributed by atoms with Crippen molar-refractivity contribution in [2.45, 2.75) is 31.8 Å². The van der Waals surface area contributed by atoms with Gasteiger partial charge in [0.1, 0.15) is 11.5 Å². The maximum absolute atomic E-state index is 6.15. The molecule has 0 saturated heterocycles. The van der Waals surface area contributed by atoms with Crippen molar-refractivity contribution in [3.05, 3.63) is 59.7 Å². The standard InChI is InChI=1S/C21H28O6Si/c1-21(18-9-6-5-7-10-18)26-16-17-15-19(11-12-20(17)27-21)25-13-8-14-28(22-2,23-3)24-4/h5-7,9-12,15H,8,13-14,16H2,1-4H3. The van der Waals surface area contributed by atoms with Crippen molar-refractivity contribution in [1.82, 2.24) is 0 Å². The summed E-state index contributed by atoms with van der Waals surface area (Å²) in [5, 5.41) is 0. The predicted molar refractivity (Wildman–Crippen MR) is 107 cm³/mol. The molecule has 0 aromatic heterocycles. The van der Waals surface area contributed by atoms with Crippen LogP contribution in [0.25, 0.3) is 0 Å². The summed E-state index contributed by atoms with van der Waals surface area (Å²) in [5.41, 5.74) is 1.96. The number of rotatable bonds is 9. The van der Waals surface area contributed by atoms with Crippen LogP contribution in [0.4, 0.5) is 0 Å². The Balaban J connectivity index is 1.58. The van der Waals surface area contributed by atoms with Crippen molar-refractivity contribution < 1.29 is 27.5 Å². The van der Waals surface area contributed by atoms with E-state index in [4.69, 9.17) is 27.5 Å². The quantitative estimate of drug-likeness (QED) is 0.463. The molecule has 0 radical (unpaired) electrons. The highest BCUT2D eigenvalue weighted by atomic mass is 28.4. The Morgan fingerprint density at radius 3 is 2.39 bits per heavy atom. The van der Waals surface area contributed by atoms with E-state index in [9.17, 15) is 0 Å². The fraction of sp³-hybridized carbons (Fsp3) is 0.429. The van der Waals surface area contributed by atoms with Crippen molar-refractivity contribution in [3.63, 3.8) is 0 Å². The highest BCUT2D eigenvalue weighted by Gasteiger charge is 2.37. The zero-order valence-electron chi connectivity index (χ0n) is 16.9. The Bertz CT molecular complexity index is 756. The highest BCUT2D eigenvalue weighted by Crippen LogP contribution is 2.38. The van der Waals surface area contributed by atoms with Crippen LogP contribution in [-0.4, -0.2) is 36.7 Å². The van der Waals surface area contributed by atoms with Gasteiger partial charge in [0, 0.05) is 45.4 Å². The number of hydrogen-bond donors (Lipinski definition) is 0. The molecular formula is C21H28O6Si. The summed E-state index contributed by atoms with van der Waals surface area (Å²) >= 11 is 0. The Hall–Kier alpha value is -1.90. The van der Waals surface area contributed by atoms with Gasteiger partial charge >= 0.3 is 8.80 Å². The zero-order chi connectivity index (χ0) is 20.0. The lowest BCUT2D eigenvalue weighted by Crippen LogP contribution is -2.42. The molecule has 6 nitrogen and oxygen atoms in total. The Morgan fingerprint density at radius 2 is 1.71 bits per heavy atom. The summed E-state index contributed by atoms with van der Waals surface area (Å²) < 4.78 is 34.3. The minimum absolute atomic E-state index is 0.463. The summed E-state index contributed by atoms with van der Waals surface area (Å²) in [7, 11) is 2.31. The maximum Gasteiger partial charge on any atom is 0.500 e. The normalized spacial score (nSPS) is 19.0. The van der Waals surface area contributed by atoms with E-state index in [0.29, 0.717) is 19.3 Å². The van der Waals surface area contributed by atoms with Gasteiger partial charge in [-0.15, -0.1) is 0 Å². The Kier molecular flexibility index (Phi) is 6.74. The third-order valence-corrected chi connectivity index (χ3v) is 7.80. The average Bonchev–Trinajstić information content (AvgIpc) is 2.75. The molecule has 0 spiro atoms. The first-order valence-electron chi connectivity index (χ1n) is 9.34. The lowest BCUT2D eigenvalue weighted by molar-refractivity contribution is -0.201. The first kappa shape index (κ1) is 20.8. The summed E-state index contributed by atoms with van der Waals surface area (Å²) in [6.07, 6.45) is 0.776. The number of fused-ring (bicyclic) bond motifs is 1. The van der Waals surface area contributed by atoms with E-state index in [0.717, 1.165) is 29.0 Å². The third kappa shape index (κ3) is 4.56. The molecule has 152 valence electrons. The minimum Gasteiger partial charge on any atom is -0.494 e. The van der Waals surface area contributed by atoms with Gasteiger partial charge < -0.3 is 27.5 Å². The Morgan fingerprint density at radius 1 is 1.00 bits per heavy atom. The van der Waals surface area contributed by atoms with Gasteiger partial charge in [-0.25, -0.2) is 0 Å². The van der Waals surface area contributed by atoms with Crippen LogP contribution < -0.4 is 9.47 Å². The molecule has 1 heterocycles. The van der Waals surface area contributed by atoms with Gasteiger partial charge in [-0.2, -0.15) is 0 Å².